The largest absolute Gasteiger partial charge is 0.456 e. The van der Waals surface area contributed by atoms with Crippen molar-refractivity contribution in [3.8, 4) is 44.5 Å². The van der Waals surface area contributed by atoms with Crippen LogP contribution in [-0.4, -0.2) is 0 Å². The Kier molecular flexibility index (Phi) is 13.1. The topological polar surface area (TPSA) is 32.8 Å². The quantitative estimate of drug-likeness (QED) is 0.128. The van der Waals surface area contributed by atoms with E-state index in [0.717, 1.165) is 122 Å². The molecule has 20 rings (SSSR count). The maximum absolute atomic E-state index is 7.70. The molecule has 0 amide bonds. The van der Waals surface area contributed by atoms with Gasteiger partial charge in [-0.15, -0.1) is 0 Å². The summed E-state index contributed by atoms with van der Waals surface area (Å²) in [6.45, 7) is 9.10. The van der Waals surface area contributed by atoms with Crippen molar-refractivity contribution in [2.75, 3.05) is 9.80 Å². The first-order chi connectivity index (χ1) is 49.6. The molecule has 18 aromatic carbocycles. The molecule has 20 aromatic rings. The van der Waals surface area contributed by atoms with Gasteiger partial charge in [0.1, 0.15) is 22.3 Å². The highest BCUT2D eigenvalue weighted by Crippen LogP contribution is 2.53. The van der Waals surface area contributed by atoms with Crippen LogP contribution in [0.5, 0.6) is 0 Å². The van der Waals surface area contributed by atoms with Crippen molar-refractivity contribution in [2.45, 2.75) is 33.1 Å². The summed E-state index contributed by atoms with van der Waals surface area (Å²) in [6, 6.07) is 121. The Morgan fingerprint density at radius 2 is 0.733 bits per heavy atom. The predicted molar refractivity (Wildman–Crippen MR) is 429 cm³/mol. The molecule has 101 heavy (non-hydrogen) atoms. The van der Waals surface area contributed by atoms with Gasteiger partial charge in [-0.3, -0.25) is 0 Å². The van der Waals surface area contributed by atoms with E-state index in [1.807, 2.05) is 0 Å². The number of benzene rings is 17. The molecule has 0 saturated heterocycles. The van der Waals surface area contributed by atoms with Gasteiger partial charge in [0.15, 0.2) is 0 Å². The van der Waals surface area contributed by atoms with Crippen LogP contribution in [-0.2, 0) is 5.41 Å². The van der Waals surface area contributed by atoms with E-state index in [1.54, 1.807) is 0 Å². The number of hydrogen-bond acceptors (Lipinski definition) is 4. The molecule has 4 heteroatoms. The molecule has 2 aromatic heterocycles. The number of hydrogen-bond donors (Lipinski definition) is 0. The second kappa shape index (κ2) is 22.7. The molecule has 0 unspecified atom stereocenters. The molecule has 0 N–H and O–H groups in total. The Labute approximate surface area is 584 Å². The monoisotopic (exact) mass is 1290 g/mol. The van der Waals surface area contributed by atoms with E-state index in [0.29, 0.717) is 0 Å². The van der Waals surface area contributed by atoms with Crippen LogP contribution in [0.2, 0.25) is 0 Å². The fourth-order valence-electron chi connectivity index (χ4n) is 16.5. The van der Waals surface area contributed by atoms with Gasteiger partial charge in [-0.2, -0.15) is 0 Å². The van der Waals surface area contributed by atoms with Crippen molar-refractivity contribution < 1.29 is 8.83 Å². The maximum Gasteiger partial charge on any atom is 0.138 e. The highest BCUT2D eigenvalue weighted by Gasteiger charge is 2.29. The van der Waals surface area contributed by atoms with Crippen LogP contribution in [0.4, 0.5) is 34.1 Å². The van der Waals surface area contributed by atoms with Crippen LogP contribution in [0.3, 0.4) is 0 Å². The number of anilines is 6. The Morgan fingerprint density at radius 3 is 1.45 bits per heavy atom. The lowest BCUT2D eigenvalue weighted by molar-refractivity contribution is 0.588. The van der Waals surface area contributed by atoms with Crippen LogP contribution in [0.25, 0.3) is 164 Å². The summed E-state index contributed by atoms with van der Waals surface area (Å²) in [5.74, 6) is 0. The van der Waals surface area contributed by atoms with Crippen molar-refractivity contribution in [1.82, 2.24) is 0 Å². The summed E-state index contributed by atoms with van der Waals surface area (Å²) < 4.78 is 15.2. The number of aryl methyl sites for hydroxylation is 1. The summed E-state index contributed by atoms with van der Waals surface area (Å²) in [5, 5.41) is 20.6. The molecule has 0 bridgehead atoms. The van der Waals surface area contributed by atoms with Gasteiger partial charge in [0, 0.05) is 56.1 Å². The van der Waals surface area contributed by atoms with Crippen molar-refractivity contribution in [3.63, 3.8) is 0 Å². The summed E-state index contributed by atoms with van der Waals surface area (Å²) in [7, 11) is 0. The molecule has 2 heterocycles. The Hall–Kier alpha value is -12.8. The van der Waals surface area contributed by atoms with E-state index >= 15 is 0 Å². The van der Waals surface area contributed by atoms with Crippen LogP contribution in [0, 0.1) is 6.92 Å². The van der Waals surface area contributed by atoms with Crippen LogP contribution < -0.4 is 9.80 Å². The standard InChI is InChI=1S/C97H66N2O2/c1-59-21-18-31-71(47-59)99(88-46-45-81(79-35-16-17-36-82(79)88)78-37-19-27-62-23-12-13-32-75(62)78)74-56-87-85-53-69(97(2,3)4)54-90-94(85)95-86(55-73(57-91(95)101-90)98(70-29-6-5-7-30-70)72-44-43-60-22-8-9-25-65(60)49-72)84-51-68(52-89-93(84)96(87)92(58-74)100-89)61-39-41-63(42-40-61)76-33-14-15-34-77(76)80-38-20-28-67-48-64-24-10-11-26-66(64)50-83(67)80/h5-58H,1-4H3. The second-order valence-electron chi connectivity index (χ2n) is 28.4. The zero-order valence-corrected chi connectivity index (χ0v) is 56.4. The molecule has 0 aliphatic heterocycles. The van der Waals surface area contributed by atoms with Crippen molar-refractivity contribution in [1.29, 1.82) is 0 Å². The number of furan rings is 2. The summed E-state index contributed by atoms with van der Waals surface area (Å²) in [6.07, 6.45) is 0. The fraction of sp³-hybridized carbons (Fsp3) is 0.0515. The van der Waals surface area contributed by atoms with Gasteiger partial charge in [0.2, 0.25) is 0 Å². The van der Waals surface area contributed by atoms with E-state index in [2.05, 4.69) is 365 Å². The average Bonchev–Trinajstić information content (AvgIpc) is 1.57. The van der Waals surface area contributed by atoms with E-state index in [9.17, 15) is 0 Å². The highest BCUT2D eigenvalue weighted by molar-refractivity contribution is 6.37. The summed E-state index contributed by atoms with van der Waals surface area (Å²) >= 11 is 0. The SMILES string of the molecule is Cc1cccc(N(c2cc3oc4cc(-c5ccc(-c6ccccc6-c6cccc7cc8ccccc8cc67)cc5)cc5c6cc(N(c7ccccc7)c7ccc8ccccc8c7)cc7oc8cc(C(C)(C)C)cc(c(c2)c3c45)c8c76)c2ccc(-c3cccc4ccccc34)c3ccccc23)c1. The minimum absolute atomic E-state index is 0.239. The van der Waals surface area contributed by atoms with Crippen LogP contribution >= 0.6 is 0 Å². The van der Waals surface area contributed by atoms with Crippen LogP contribution in [0.15, 0.2) is 336 Å². The first-order valence-electron chi connectivity index (χ1n) is 35.0. The lowest BCUT2D eigenvalue weighted by atomic mass is 9.84. The first-order valence-corrected chi connectivity index (χ1v) is 35.0. The third-order valence-electron chi connectivity index (χ3n) is 21.3. The molecule has 476 valence electrons. The molecule has 0 atom stereocenters. The molecule has 0 radical (unpaired) electrons. The summed E-state index contributed by atoms with van der Waals surface area (Å²) in [4.78, 5) is 4.84. The number of nitrogens with zero attached hydrogens (tertiary/aromatic N) is 2. The molecule has 0 aliphatic carbocycles. The average molecular weight is 1290 g/mol. The molecule has 0 fully saturated rings. The minimum Gasteiger partial charge on any atom is -0.456 e. The zero-order valence-electron chi connectivity index (χ0n) is 56.4. The Morgan fingerprint density at radius 1 is 0.238 bits per heavy atom. The number of fused-ring (bicyclic) bond motifs is 7. The molecule has 4 nitrogen and oxygen atoms in total. The zero-order chi connectivity index (χ0) is 67.2. The first kappa shape index (κ1) is 58.4. The second-order valence-corrected chi connectivity index (χ2v) is 28.4. The van der Waals surface area contributed by atoms with E-state index in [4.69, 9.17) is 8.83 Å². The predicted octanol–water partition coefficient (Wildman–Crippen LogP) is 28.2. The van der Waals surface area contributed by atoms with E-state index in [-0.39, 0.29) is 5.41 Å². The Balaban J connectivity index is 0.862. The van der Waals surface area contributed by atoms with Crippen molar-refractivity contribution in [3.05, 3.63) is 339 Å². The van der Waals surface area contributed by atoms with Crippen molar-refractivity contribution >= 4 is 153 Å². The van der Waals surface area contributed by atoms with E-state index in [1.165, 1.54) is 87.4 Å². The molecule has 0 spiro atoms. The molecular formula is C97H66N2O2. The lowest BCUT2D eigenvalue weighted by Crippen LogP contribution is -2.11. The van der Waals surface area contributed by atoms with Gasteiger partial charge in [0.25, 0.3) is 0 Å². The van der Waals surface area contributed by atoms with E-state index < -0.39 is 0 Å². The molecular weight excluding hydrogens is 1230 g/mol. The third kappa shape index (κ3) is 9.51. The lowest BCUT2D eigenvalue weighted by Gasteiger charge is -2.28. The normalized spacial score (nSPS) is 12.2. The van der Waals surface area contributed by atoms with Gasteiger partial charge in [0.05, 0.1) is 17.1 Å². The molecule has 0 saturated carbocycles. The molecule has 0 aliphatic rings. The Bertz CT molecular complexity index is 6760. The van der Waals surface area contributed by atoms with Crippen molar-refractivity contribution in [2.24, 2.45) is 0 Å². The summed E-state index contributed by atoms with van der Waals surface area (Å²) in [5.41, 5.74) is 20.8. The highest BCUT2D eigenvalue weighted by atomic mass is 16.3. The van der Waals surface area contributed by atoms with Gasteiger partial charge in [-0.25, -0.2) is 0 Å². The van der Waals surface area contributed by atoms with Gasteiger partial charge < -0.3 is 18.6 Å². The maximum atomic E-state index is 7.70. The van der Waals surface area contributed by atoms with Crippen LogP contribution in [0.1, 0.15) is 31.9 Å². The van der Waals surface area contributed by atoms with Gasteiger partial charge >= 0.3 is 0 Å². The minimum atomic E-state index is -0.239. The fourth-order valence-corrected chi connectivity index (χ4v) is 16.5. The van der Waals surface area contributed by atoms with Gasteiger partial charge in [-0.1, -0.05) is 245 Å². The van der Waals surface area contributed by atoms with Gasteiger partial charge in [-0.05, 0) is 229 Å². The third-order valence-corrected chi connectivity index (χ3v) is 21.3. The smallest absolute Gasteiger partial charge is 0.138 e. The number of para-hydroxylation sites is 1. The number of rotatable bonds is 10.